The van der Waals surface area contributed by atoms with E-state index < -0.39 is 10.0 Å². The van der Waals surface area contributed by atoms with E-state index in [4.69, 9.17) is 0 Å². The van der Waals surface area contributed by atoms with Gasteiger partial charge in [-0.25, -0.2) is 13.1 Å². The molecule has 120 valence electrons. The van der Waals surface area contributed by atoms with Gasteiger partial charge in [0.15, 0.2) is 0 Å². The van der Waals surface area contributed by atoms with Crippen LogP contribution in [0.4, 0.5) is 0 Å². The largest absolute Gasteiger partial charge is 0.240 e. The Morgan fingerprint density at radius 3 is 2.26 bits per heavy atom. The van der Waals surface area contributed by atoms with E-state index in [1.807, 2.05) is 24.3 Å². The van der Waals surface area contributed by atoms with Gasteiger partial charge in [-0.15, -0.1) is 0 Å². The van der Waals surface area contributed by atoms with Crippen LogP contribution < -0.4 is 4.72 Å². The zero-order chi connectivity index (χ0) is 16.1. The van der Waals surface area contributed by atoms with E-state index in [1.165, 1.54) is 0 Å². The molecule has 4 heteroatoms. The summed E-state index contributed by atoms with van der Waals surface area (Å²) in [5, 5.41) is 0. The predicted octanol–water partition coefficient (Wildman–Crippen LogP) is 3.85. The molecular formula is C19H21NO2S. The second-order valence-electron chi connectivity index (χ2n) is 5.91. The van der Waals surface area contributed by atoms with Crippen LogP contribution in [-0.2, 0) is 10.0 Å². The van der Waals surface area contributed by atoms with Gasteiger partial charge >= 0.3 is 0 Å². The van der Waals surface area contributed by atoms with Crippen LogP contribution in [0.5, 0.6) is 0 Å². The Bertz CT molecular complexity index is 754. The van der Waals surface area contributed by atoms with E-state index in [0.29, 0.717) is 4.90 Å². The van der Waals surface area contributed by atoms with Gasteiger partial charge in [-0.1, -0.05) is 67.1 Å². The lowest BCUT2D eigenvalue weighted by Gasteiger charge is -2.18. The molecule has 2 aromatic carbocycles. The number of hydrogen-bond donors (Lipinski definition) is 1. The SMILES string of the molecule is O=S(=O)(N[C@@H]1CCC[C@H]1/C=C/c1ccccc1)c1ccccc1. The summed E-state index contributed by atoms with van der Waals surface area (Å²) >= 11 is 0. The minimum absolute atomic E-state index is 0.0276. The minimum Gasteiger partial charge on any atom is -0.207 e. The third kappa shape index (κ3) is 4.09. The number of sulfonamides is 1. The highest BCUT2D eigenvalue weighted by Crippen LogP contribution is 2.28. The first kappa shape index (κ1) is 16.0. The van der Waals surface area contributed by atoms with E-state index in [-0.39, 0.29) is 12.0 Å². The summed E-state index contributed by atoms with van der Waals surface area (Å²) in [5.74, 6) is 0.244. The molecule has 0 bridgehead atoms. The molecular weight excluding hydrogens is 306 g/mol. The first-order chi connectivity index (χ1) is 11.1. The predicted molar refractivity (Wildman–Crippen MR) is 93.4 cm³/mol. The molecule has 0 amide bonds. The van der Waals surface area contributed by atoms with Crippen molar-refractivity contribution in [1.29, 1.82) is 0 Å². The van der Waals surface area contributed by atoms with Crippen LogP contribution >= 0.6 is 0 Å². The fourth-order valence-corrected chi connectivity index (χ4v) is 4.37. The van der Waals surface area contributed by atoms with Crippen molar-refractivity contribution in [2.45, 2.75) is 30.2 Å². The van der Waals surface area contributed by atoms with Gasteiger partial charge in [0.05, 0.1) is 4.90 Å². The molecule has 1 aliphatic carbocycles. The van der Waals surface area contributed by atoms with Crippen molar-refractivity contribution in [3.63, 3.8) is 0 Å². The van der Waals surface area contributed by atoms with Crippen molar-refractivity contribution in [3.8, 4) is 0 Å². The van der Waals surface area contributed by atoms with Crippen LogP contribution in [0, 0.1) is 5.92 Å². The first-order valence-corrected chi connectivity index (χ1v) is 9.44. The van der Waals surface area contributed by atoms with Crippen molar-refractivity contribution >= 4 is 16.1 Å². The third-order valence-electron chi connectivity index (χ3n) is 4.26. The number of nitrogens with one attached hydrogen (secondary N) is 1. The normalized spacial score (nSPS) is 21.7. The van der Waals surface area contributed by atoms with Crippen molar-refractivity contribution in [1.82, 2.24) is 4.72 Å². The second kappa shape index (κ2) is 7.11. The van der Waals surface area contributed by atoms with Gasteiger partial charge in [0, 0.05) is 6.04 Å². The van der Waals surface area contributed by atoms with Crippen LogP contribution in [0.25, 0.3) is 6.08 Å². The molecule has 2 atom stereocenters. The topological polar surface area (TPSA) is 46.2 Å². The summed E-state index contributed by atoms with van der Waals surface area (Å²) in [4.78, 5) is 0.331. The smallest absolute Gasteiger partial charge is 0.207 e. The molecule has 1 saturated carbocycles. The molecule has 1 fully saturated rings. The maximum absolute atomic E-state index is 12.5. The van der Waals surface area contributed by atoms with Gasteiger partial charge in [-0.3, -0.25) is 0 Å². The Morgan fingerprint density at radius 1 is 0.913 bits per heavy atom. The lowest BCUT2D eigenvalue weighted by atomic mass is 10.0. The monoisotopic (exact) mass is 327 g/mol. The molecule has 0 spiro atoms. The Hall–Kier alpha value is -1.91. The minimum atomic E-state index is -3.44. The molecule has 3 nitrogen and oxygen atoms in total. The first-order valence-electron chi connectivity index (χ1n) is 7.96. The maximum atomic E-state index is 12.5. The van der Waals surface area contributed by atoms with Gasteiger partial charge in [-0.05, 0) is 36.5 Å². The van der Waals surface area contributed by atoms with Gasteiger partial charge in [-0.2, -0.15) is 0 Å². The van der Waals surface area contributed by atoms with E-state index in [2.05, 4.69) is 29.0 Å². The van der Waals surface area contributed by atoms with E-state index in [0.717, 1.165) is 24.8 Å². The summed E-state index contributed by atoms with van der Waals surface area (Å²) in [7, 11) is -3.44. The average Bonchev–Trinajstić information content (AvgIpc) is 3.01. The number of benzene rings is 2. The maximum Gasteiger partial charge on any atom is 0.240 e. The molecule has 0 radical (unpaired) electrons. The van der Waals surface area contributed by atoms with Crippen molar-refractivity contribution in [3.05, 3.63) is 72.3 Å². The highest BCUT2D eigenvalue weighted by atomic mass is 32.2. The molecule has 2 aromatic rings. The Kier molecular flexibility index (Phi) is 4.94. The average molecular weight is 327 g/mol. The standard InChI is InChI=1S/C19H21NO2S/c21-23(22,18-11-5-2-6-12-18)20-19-13-7-10-17(19)15-14-16-8-3-1-4-9-16/h1-6,8-9,11-12,14-15,17,19-20H,7,10,13H2/b15-14+/t17-,19+/m0/s1. The van der Waals surface area contributed by atoms with Gasteiger partial charge in [0.1, 0.15) is 0 Å². The fraction of sp³-hybridized carbons (Fsp3) is 0.263. The Morgan fingerprint density at radius 2 is 1.57 bits per heavy atom. The Labute approximate surface area is 138 Å². The third-order valence-corrected chi connectivity index (χ3v) is 5.77. The molecule has 0 unspecified atom stereocenters. The van der Waals surface area contributed by atoms with E-state index >= 15 is 0 Å². The molecule has 1 N–H and O–H groups in total. The summed E-state index contributed by atoms with van der Waals surface area (Å²) in [6.45, 7) is 0. The van der Waals surface area contributed by atoms with Crippen molar-refractivity contribution in [2.75, 3.05) is 0 Å². The zero-order valence-corrected chi connectivity index (χ0v) is 13.7. The summed E-state index contributed by atoms with van der Waals surface area (Å²) in [6.07, 6.45) is 7.17. The fourth-order valence-electron chi connectivity index (χ4n) is 3.03. The van der Waals surface area contributed by atoms with Crippen molar-refractivity contribution < 1.29 is 8.42 Å². The molecule has 23 heavy (non-hydrogen) atoms. The number of rotatable bonds is 5. The van der Waals surface area contributed by atoms with Gasteiger partial charge in [0.25, 0.3) is 0 Å². The van der Waals surface area contributed by atoms with Crippen LogP contribution in [-0.4, -0.2) is 14.5 Å². The summed E-state index contributed by atoms with van der Waals surface area (Å²) in [5.41, 5.74) is 1.14. The van der Waals surface area contributed by atoms with E-state index in [9.17, 15) is 8.42 Å². The molecule has 0 aliphatic heterocycles. The number of hydrogen-bond acceptors (Lipinski definition) is 2. The molecule has 3 rings (SSSR count). The lowest BCUT2D eigenvalue weighted by Crippen LogP contribution is -2.36. The van der Waals surface area contributed by atoms with Gasteiger partial charge in [0.2, 0.25) is 10.0 Å². The summed E-state index contributed by atoms with van der Waals surface area (Å²) < 4.78 is 27.8. The lowest BCUT2D eigenvalue weighted by molar-refractivity contribution is 0.510. The molecule has 0 heterocycles. The van der Waals surface area contributed by atoms with Crippen LogP contribution in [0.3, 0.4) is 0 Å². The van der Waals surface area contributed by atoms with Crippen LogP contribution in [0.15, 0.2) is 71.6 Å². The molecule has 0 saturated heterocycles. The Balaban J connectivity index is 1.71. The zero-order valence-electron chi connectivity index (χ0n) is 12.9. The summed E-state index contributed by atoms with van der Waals surface area (Å²) in [6, 6.07) is 18.6. The quantitative estimate of drug-likeness (QED) is 0.907. The molecule has 1 aliphatic rings. The highest BCUT2D eigenvalue weighted by molar-refractivity contribution is 7.89. The van der Waals surface area contributed by atoms with E-state index in [1.54, 1.807) is 24.3 Å². The van der Waals surface area contributed by atoms with Crippen LogP contribution in [0.1, 0.15) is 24.8 Å². The van der Waals surface area contributed by atoms with Crippen molar-refractivity contribution in [2.24, 2.45) is 5.92 Å². The second-order valence-corrected chi connectivity index (χ2v) is 7.62. The van der Waals surface area contributed by atoms with Crippen LogP contribution in [0.2, 0.25) is 0 Å². The highest BCUT2D eigenvalue weighted by Gasteiger charge is 2.29. The van der Waals surface area contributed by atoms with Gasteiger partial charge < -0.3 is 0 Å². The molecule has 0 aromatic heterocycles.